The molecule has 3 atom stereocenters. The molecule has 0 saturated heterocycles. The van der Waals surface area contributed by atoms with E-state index in [2.05, 4.69) is 10.1 Å². The third-order valence-electron chi connectivity index (χ3n) is 3.70. The molecule has 0 spiro atoms. The molecule has 0 radical (unpaired) electrons. The van der Waals surface area contributed by atoms with Crippen molar-refractivity contribution in [2.24, 2.45) is 11.7 Å². The lowest BCUT2D eigenvalue weighted by Crippen LogP contribution is -2.45. The van der Waals surface area contributed by atoms with Gasteiger partial charge in [0, 0.05) is 0 Å². The molecular weight excluding hydrogens is 309 g/mol. The molecule has 130 valence electrons. The number of alkyl halides is 3. The topological polar surface area (TPSA) is 64.4 Å². The molecule has 3 unspecified atom stereocenters. The molecule has 1 rings (SSSR count). The standard InChI is InChI=1S/C16H23F3N2O2/c1-4-10(2)14(20)15(22)21-11(3)12-5-7-13(8-6-12)23-9-16(17,18)19/h5-8,10-11,14H,4,9,20H2,1-3H3,(H,21,22). The summed E-state index contributed by atoms with van der Waals surface area (Å²) >= 11 is 0. The first-order chi connectivity index (χ1) is 10.6. The Kier molecular flexibility index (Phi) is 6.87. The molecular formula is C16H23F3N2O2. The molecule has 7 heteroatoms. The molecule has 4 nitrogen and oxygen atoms in total. The highest BCUT2D eigenvalue weighted by Gasteiger charge is 2.28. The zero-order valence-electron chi connectivity index (χ0n) is 13.5. The molecule has 0 heterocycles. The summed E-state index contributed by atoms with van der Waals surface area (Å²) < 4.78 is 40.9. The molecule has 3 N–H and O–H groups in total. The molecule has 0 aliphatic heterocycles. The van der Waals surface area contributed by atoms with E-state index in [0.29, 0.717) is 0 Å². The van der Waals surface area contributed by atoms with Crippen molar-refractivity contribution in [1.29, 1.82) is 0 Å². The smallest absolute Gasteiger partial charge is 0.422 e. The maximum Gasteiger partial charge on any atom is 0.422 e. The predicted molar refractivity (Wildman–Crippen MR) is 82.0 cm³/mol. The van der Waals surface area contributed by atoms with E-state index < -0.39 is 18.8 Å². The lowest BCUT2D eigenvalue weighted by Gasteiger charge is -2.21. The van der Waals surface area contributed by atoms with Gasteiger partial charge >= 0.3 is 6.18 Å². The van der Waals surface area contributed by atoms with Crippen molar-refractivity contribution in [2.75, 3.05) is 6.61 Å². The predicted octanol–water partition coefficient (Wildman–Crippen LogP) is 3.18. The maximum atomic E-state index is 12.1. The minimum atomic E-state index is -4.37. The number of nitrogens with two attached hydrogens (primary N) is 1. The SMILES string of the molecule is CCC(C)C(N)C(=O)NC(C)c1ccc(OCC(F)(F)F)cc1. The lowest BCUT2D eigenvalue weighted by molar-refractivity contribution is -0.153. The second-order valence-corrected chi connectivity index (χ2v) is 5.61. The van der Waals surface area contributed by atoms with Crippen LogP contribution in [-0.2, 0) is 4.79 Å². The number of amides is 1. The zero-order chi connectivity index (χ0) is 17.6. The molecule has 0 aromatic heterocycles. The Bertz CT molecular complexity index is 503. The molecule has 0 bridgehead atoms. The Morgan fingerprint density at radius 3 is 2.30 bits per heavy atom. The number of hydrogen-bond acceptors (Lipinski definition) is 3. The highest BCUT2D eigenvalue weighted by atomic mass is 19.4. The van der Waals surface area contributed by atoms with Crippen LogP contribution in [0, 0.1) is 5.92 Å². The molecule has 23 heavy (non-hydrogen) atoms. The van der Waals surface area contributed by atoms with Gasteiger partial charge in [-0.1, -0.05) is 32.4 Å². The van der Waals surface area contributed by atoms with E-state index in [0.717, 1.165) is 12.0 Å². The fourth-order valence-electron chi connectivity index (χ4n) is 1.92. The highest BCUT2D eigenvalue weighted by Crippen LogP contribution is 2.21. The summed E-state index contributed by atoms with van der Waals surface area (Å²) in [6, 6.07) is 5.24. The van der Waals surface area contributed by atoms with Crippen molar-refractivity contribution in [2.45, 2.75) is 45.5 Å². The van der Waals surface area contributed by atoms with Gasteiger partial charge in [-0.3, -0.25) is 4.79 Å². The third-order valence-corrected chi connectivity index (χ3v) is 3.70. The van der Waals surface area contributed by atoms with E-state index in [1.54, 1.807) is 19.1 Å². The summed E-state index contributed by atoms with van der Waals surface area (Å²) in [7, 11) is 0. The quantitative estimate of drug-likeness (QED) is 0.806. The number of ether oxygens (including phenoxy) is 1. The van der Waals surface area contributed by atoms with Crippen LogP contribution in [0.15, 0.2) is 24.3 Å². The molecule has 0 fully saturated rings. The van der Waals surface area contributed by atoms with Crippen LogP contribution in [0.3, 0.4) is 0 Å². The molecule has 0 aliphatic carbocycles. The molecule has 1 aromatic rings. The number of nitrogens with one attached hydrogen (secondary N) is 1. The number of carbonyl (C=O) groups is 1. The van der Waals surface area contributed by atoms with Gasteiger partial charge in [-0.25, -0.2) is 0 Å². The summed E-state index contributed by atoms with van der Waals surface area (Å²) in [5.74, 6) is -0.0505. The first kappa shape index (κ1) is 19.3. The summed E-state index contributed by atoms with van der Waals surface area (Å²) in [5.41, 5.74) is 6.62. The fraction of sp³-hybridized carbons (Fsp3) is 0.562. The van der Waals surface area contributed by atoms with Crippen LogP contribution in [-0.4, -0.2) is 24.7 Å². The zero-order valence-corrected chi connectivity index (χ0v) is 13.5. The Balaban J connectivity index is 2.60. The fourth-order valence-corrected chi connectivity index (χ4v) is 1.92. The molecule has 1 aromatic carbocycles. The van der Waals surface area contributed by atoms with E-state index in [-0.39, 0.29) is 23.6 Å². The van der Waals surface area contributed by atoms with Gasteiger partial charge in [-0.2, -0.15) is 13.2 Å². The number of carbonyl (C=O) groups excluding carboxylic acids is 1. The van der Waals surface area contributed by atoms with Crippen LogP contribution in [0.2, 0.25) is 0 Å². The minimum absolute atomic E-state index is 0.0698. The highest BCUT2D eigenvalue weighted by molar-refractivity contribution is 5.82. The van der Waals surface area contributed by atoms with E-state index in [1.165, 1.54) is 12.1 Å². The minimum Gasteiger partial charge on any atom is -0.484 e. The number of rotatable bonds is 7. The first-order valence-corrected chi connectivity index (χ1v) is 7.49. The van der Waals surface area contributed by atoms with Crippen LogP contribution in [0.25, 0.3) is 0 Å². The number of hydrogen-bond donors (Lipinski definition) is 2. The monoisotopic (exact) mass is 332 g/mol. The lowest BCUT2D eigenvalue weighted by atomic mass is 9.98. The van der Waals surface area contributed by atoms with E-state index in [1.807, 2.05) is 13.8 Å². The average Bonchev–Trinajstić information content (AvgIpc) is 2.51. The van der Waals surface area contributed by atoms with Crippen molar-refractivity contribution in [3.63, 3.8) is 0 Å². The van der Waals surface area contributed by atoms with Crippen molar-refractivity contribution in [1.82, 2.24) is 5.32 Å². The van der Waals surface area contributed by atoms with Gasteiger partial charge in [0.1, 0.15) is 5.75 Å². The van der Waals surface area contributed by atoms with Crippen molar-refractivity contribution in [3.8, 4) is 5.75 Å². The van der Waals surface area contributed by atoms with Crippen molar-refractivity contribution >= 4 is 5.91 Å². The van der Waals surface area contributed by atoms with Crippen molar-refractivity contribution in [3.05, 3.63) is 29.8 Å². The largest absolute Gasteiger partial charge is 0.484 e. The first-order valence-electron chi connectivity index (χ1n) is 7.49. The van der Waals surface area contributed by atoms with Crippen molar-refractivity contribution < 1.29 is 22.7 Å². The summed E-state index contributed by atoms with van der Waals surface area (Å²) in [4.78, 5) is 12.0. The third kappa shape index (κ3) is 6.48. The summed E-state index contributed by atoms with van der Waals surface area (Å²) in [6.07, 6.45) is -3.57. The van der Waals surface area contributed by atoms with Gasteiger partial charge in [0.15, 0.2) is 6.61 Å². The van der Waals surface area contributed by atoms with Crippen LogP contribution in [0.4, 0.5) is 13.2 Å². The Hall–Kier alpha value is -1.76. The molecule has 0 saturated carbocycles. The Labute approximate surface area is 134 Å². The Morgan fingerprint density at radius 2 is 1.83 bits per heavy atom. The van der Waals surface area contributed by atoms with Gasteiger partial charge in [0.05, 0.1) is 12.1 Å². The van der Waals surface area contributed by atoms with E-state index in [9.17, 15) is 18.0 Å². The summed E-state index contributed by atoms with van der Waals surface area (Å²) in [5, 5.41) is 2.80. The van der Waals surface area contributed by atoms with Gasteiger partial charge < -0.3 is 15.8 Å². The van der Waals surface area contributed by atoms with Crippen LogP contribution >= 0.6 is 0 Å². The van der Waals surface area contributed by atoms with Crippen LogP contribution in [0.1, 0.15) is 38.8 Å². The van der Waals surface area contributed by atoms with E-state index >= 15 is 0 Å². The number of halogens is 3. The van der Waals surface area contributed by atoms with Gasteiger partial charge in [-0.15, -0.1) is 0 Å². The maximum absolute atomic E-state index is 12.1. The summed E-state index contributed by atoms with van der Waals surface area (Å²) in [6.45, 7) is 4.32. The van der Waals surface area contributed by atoms with Gasteiger partial charge in [0.2, 0.25) is 5.91 Å². The second kappa shape index (κ2) is 8.19. The second-order valence-electron chi connectivity index (χ2n) is 5.61. The van der Waals surface area contributed by atoms with Gasteiger partial charge in [0.25, 0.3) is 0 Å². The van der Waals surface area contributed by atoms with Crippen LogP contribution < -0.4 is 15.8 Å². The average molecular weight is 332 g/mol. The molecule has 1 amide bonds. The Morgan fingerprint density at radius 1 is 1.26 bits per heavy atom. The van der Waals surface area contributed by atoms with Gasteiger partial charge in [-0.05, 0) is 30.5 Å². The van der Waals surface area contributed by atoms with Crippen LogP contribution in [0.5, 0.6) is 5.75 Å². The van der Waals surface area contributed by atoms with E-state index in [4.69, 9.17) is 5.73 Å². The molecule has 0 aliphatic rings. The normalized spacial score (nSPS) is 15.6. The number of benzene rings is 1.